The molecule has 0 saturated carbocycles. The van der Waals surface area contributed by atoms with Gasteiger partial charge in [0, 0.05) is 6.54 Å². The van der Waals surface area contributed by atoms with Crippen LogP contribution in [0.1, 0.15) is 38.5 Å². The van der Waals surface area contributed by atoms with E-state index in [0.29, 0.717) is 17.1 Å². The van der Waals surface area contributed by atoms with Crippen LogP contribution in [0.2, 0.25) is 0 Å². The van der Waals surface area contributed by atoms with Crippen molar-refractivity contribution in [2.75, 3.05) is 13.1 Å². The molecular formula is C15H19N3O5. The molecule has 1 unspecified atom stereocenters. The summed E-state index contributed by atoms with van der Waals surface area (Å²) < 4.78 is 5.16. The highest BCUT2D eigenvalue weighted by Crippen LogP contribution is 2.14. The van der Waals surface area contributed by atoms with Gasteiger partial charge in [0.15, 0.2) is 0 Å². The van der Waals surface area contributed by atoms with Crippen molar-refractivity contribution >= 4 is 23.8 Å². The smallest absolute Gasteiger partial charge is 0.334 e. The molecule has 1 aromatic heterocycles. The van der Waals surface area contributed by atoms with E-state index in [4.69, 9.17) is 4.42 Å². The molecule has 8 nitrogen and oxygen atoms in total. The number of nitrogens with one attached hydrogen (secondary N) is 1. The predicted octanol–water partition coefficient (Wildman–Crippen LogP) is 1.05. The van der Waals surface area contributed by atoms with Crippen molar-refractivity contribution in [2.24, 2.45) is 0 Å². The van der Waals surface area contributed by atoms with Gasteiger partial charge in [0.1, 0.15) is 12.3 Å². The lowest BCUT2D eigenvalue weighted by Crippen LogP contribution is -2.42. The molecule has 1 atom stereocenters. The first-order valence-electron chi connectivity index (χ1n) is 7.45. The Kier molecular flexibility index (Phi) is 5.15. The van der Waals surface area contributed by atoms with Gasteiger partial charge in [-0.2, -0.15) is 0 Å². The summed E-state index contributed by atoms with van der Waals surface area (Å²) in [5.41, 5.74) is 0. The summed E-state index contributed by atoms with van der Waals surface area (Å²) in [4.78, 5) is 49.3. The van der Waals surface area contributed by atoms with Gasteiger partial charge in [-0.05, 0) is 25.5 Å². The molecule has 1 aromatic rings. The van der Waals surface area contributed by atoms with Crippen LogP contribution < -0.4 is 5.32 Å². The second-order valence-corrected chi connectivity index (χ2v) is 5.29. The number of carbonyl (C=O) groups excluding carboxylic acids is 4. The van der Waals surface area contributed by atoms with Crippen LogP contribution >= 0.6 is 0 Å². The summed E-state index contributed by atoms with van der Waals surface area (Å²) in [5, 5.41) is 2.61. The molecule has 1 N–H and O–H groups in total. The van der Waals surface area contributed by atoms with Crippen molar-refractivity contribution in [1.29, 1.82) is 0 Å². The van der Waals surface area contributed by atoms with Gasteiger partial charge in [-0.25, -0.2) is 9.69 Å². The van der Waals surface area contributed by atoms with Crippen molar-refractivity contribution in [3.05, 3.63) is 24.2 Å². The molecule has 0 spiro atoms. The predicted molar refractivity (Wildman–Crippen MR) is 79.0 cm³/mol. The first kappa shape index (κ1) is 16.7. The van der Waals surface area contributed by atoms with Crippen LogP contribution in [0.25, 0.3) is 0 Å². The lowest BCUT2D eigenvalue weighted by molar-refractivity contribution is -0.144. The van der Waals surface area contributed by atoms with Crippen LogP contribution in [0.15, 0.2) is 22.8 Å². The summed E-state index contributed by atoms with van der Waals surface area (Å²) in [5.74, 6) is -1.83. The van der Waals surface area contributed by atoms with E-state index in [-0.39, 0.29) is 6.54 Å². The Morgan fingerprint density at radius 1 is 1.26 bits per heavy atom. The number of imide groups is 2. The van der Waals surface area contributed by atoms with Crippen molar-refractivity contribution < 1.29 is 23.6 Å². The Balaban J connectivity index is 1.96. The minimum Gasteiger partial charge on any atom is -0.467 e. The molecule has 1 aliphatic rings. The van der Waals surface area contributed by atoms with Gasteiger partial charge < -0.3 is 9.73 Å². The Hall–Kier alpha value is -2.64. The zero-order valence-corrected chi connectivity index (χ0v) is 13.1. The molecule has 2 rings (SSSR count). The van der Waals surface area contributed by atoms with Crippen molar-refractivity contribution in [1.82, 2.24) is 15.1 Å². The molecule has 1 aliphatic heterocycles. The van der Waals surface area contributed by atoms with Crippen molar-refractivity contribution in [3.8, 4) is 0 Å². The van der Waals surface area contributed by atoms with E-state index >= 15 is 0 Å². The molecule has 1 fully saturated rings. The molecule has 124 valence electrons. The number of hydrogen-bond donors (Lipinski definition) is 1. The highest BCUT2D eigenvalue weighted by molar-refractivity contribution is 6.45. The largest absolute Gasteiger partial charge is 0.467 e. The standard InChI is InChI=1S/C15H19N3O5/c1-3-4-7-17-13(20)14(21)18(15(17)22)9-12(19)16-10(2)11-6-5-8-23-11/h5-6,8,10H,3-4,7,9H2,1-2H3,(H,16,19). The molecule has 5 amide bonds. The van der Waals surface area contributed by atoms with E-state index in [9.17, 15) is 19.2 Å². The van der Waals surface area contributed by atoms with E-state index in [1.54, 1.807) is 19.1 Å². The van der Waals surface area contributed by atoms with Gasteiger partial charge in [0.05, 0.1) is 12.3 Å². The van der Waals surface area contributed by atoms with Gasteiger partial charge in [-0.3, -0.25) is 19.3 Å². The maximum absolute atomic E-state index is 12.1. The summed E-state index contributed by atoms with van der Waals surface area (Å²) in [6, 6.07) is 2.24. The fourth-order valence-corrected chi connectivity index (χ4v) is 2.24. The molecule has 0 radical (unpaired) electrons. The van der Waals surface area contributed by atoms with Gasteiger partial charge in [0.2, 0.25) is 5.91 Å². The van der Waals surface area contributed by atoms with Crippen molar-refractivity contribution in [2.45, 2.75) is 32.7 Å². The Morgan fingerprint density at radius 3 is 2.57 bits per heavy atom. The number of rotatable bonds is 7. The minimum atomic E-state index is -0.966. The average Bonchev–Trinajstić information content (AvgIpc) is 3.11. The van der Waals surface area contributed by atoms with Crippen LogP contribution in [-0.2, 0) is 14.4 Å². The lowest BCUT2D eigenvalue weighted by Gasteiger charge is -2.16. The van der Waals surface area contributed by atoms with E-state index in [0.717, 1.165) is 11.3 Å². The fraction of sp³-hybridized carbons (Fsp3) is 0.467. The first-order chi connectivity index (χ1) is 11.0. The number of hydrogen-bond acceptors (Lipinski definition) is 5. The van der Waals surface area contributed by atoms with Crippen LogP contribution in [0, 0.1) is 0 Å². The monoisotopic (exact) mass is 321 g/mol. The number of carbonyl (C=O) groups is 4. The molecule has 0 bridgehead atoms. The van der Waals surface area contributed by atoms with E-state index in [1.165, 1.54) is 6.26 Å². The van der Waals surface area contributed by atoms with Crippen LogP contribution in [0.5, 0.6) is 0 Å². The summed E-state index contributed by atoms with van der Waals surface area (Å²) in [7, 11) is 0. The van der Waals surface area contributed by atoms with Gasteiger partial charge in [-0.15, -0.1) is 0 Å². The average molecular weight is 321 g/mol. The van der Waals surface area contributed by atoms with Crippen LogP contribution in [0.3, 0.4) is 0 Å². The third kappa shape index (κ3) is 3.58. The maximum atomic E-state index is 12.1. The van der Waals surface area contributed by atoms with Gasteiger partial charge in [0.25, 0.3) is 0 Å². The van der Waals surface area contributed by atoms with Crippen LogP contribution in [-0.4, -0.2) is 46.6 Å². The second kappa shape index (κ2) is 7.08. The summed E-state index contributed by atoms with van der Waals surface area (Å²) in [6.07, 6.45) is 2.88. The van der Waals surface area contributed by atoms with Crippen molar-refractivity contribution in [3.63, 3.8) is 0 Å². The Bertz CT molecular complexity index is 611. The Labute approximate surface area is 133 Å². The first-order valence-corrected chi connectivity index (χ1v) is 7.45. The fourth-order valence-electron chi connectivity index (χ4n) is 2.24. The molecule has 1 saturated heterocycles. The van der Waals surface area contributed by atoms with Crippen LogP contribution in [0.4, 0.5) is 4.79 Å². The molecule has 0 aromatic carbocycles. The SMILES string of the molecule is CCCCN1C(=O)C(=O)N(CC(=O)NC(C)c2ccco2)C1=O. The topological polar surface area (TPSA) is 99.9 Å². The third-order valence-corrected chi connectivity index (χ3v) is 3.52. The highest BCUT2D eigenvalue weighted by Gasteiger charge is 2.44. The molecule has 23 heavy (non-hydrogen) atoms. The molecule has 2 heterocycles. The maximum Gasteiger partial charge on any atom is 0.334 e. The number of amides is 5. The molecular weight excluding hydrogens is 302 g/mol. The number of unbranched alkanes of at least 4 members (excludes halogenated alkanes) is 1. The molecule has 0 aliphatic carbocycles. The third-order valence-electron chi connectivity index (χ3n) is 3.52. The second-order valence-electron chi connectivity index (χ2n) is 5.29. The molecule has 8 heteroatoms. The summed E-state index contributed by atoms with van der Waals surface area (Å²) >= 11 is 0. The Morgan fingerprint density at radius 2 is 1.96 bits per heavy atom. The van der Waals surface area contributed by atoms with Gasteiger partial charge >= 0.3 is 17.8 Å². The number of nitrogens with zero attached hydrogens (tertiary/aromatic N) is 2. The zero-order valence-electron chi connectivity index (χ0n) is 13.1. The normalized spacial score (nSPS) is 16.2. The number of urea groups is 1. The van der Waals surface area contributed by atoms with E-state index < -0.39 is 36.3 Å². The quantitative estimate of drug-likeness (QED) is 0.597. The highest BCUT2D eigenvalue weighted by atomic mass is 16.3. The van der Waals surface area contributed by atoms with E-state index in [2.05, 4.69) is 5.32 Å². The minimum absolute atomic E-state index is 0.181. The lowest BCUT2D eigenvalue weighted by atomic mass is 10.2. The zero-order chi connectivity index (χ0) is 17.0. The van der Waals surface area contributed by atoms with Gasteiger partial charge in [-0.1, -0.05) is 13.3 Å². The number of furan rings is 1. The summed E-state index contributed by atoms with van der Waals surface area (Å²) in [6.45, 7) is 3.31. The van der Waals surface area contributed by atoms with E-state index in [1.807, 2.05) is 6.92 Å².